The van der Waals surface area contributed by atoms with E-state index >= 15 is 0 Å². The number of Topliss-reactive ketones (excluding diaryl/α,β-unsaturated/α-hetero) is 6. The zero-order valence-electron chi connectivity index (χ0n) is 21.8. The summed E-state index contributed by atoms with van der Waals surface area (Å²) >= 11 is 0. The van der Waals surface area contributed by atoms with E-state index in [0.29, 0.717) is 0 Å². The Hall–Kier alpha value is -3.27. The van der Waals surface area contributed by atoms with Gasteiger partial charge in [0.1, 0.15) is 0 Å². The molecule has 251 valence electrons. The first-order valence-corrected chi connectivity index (χ1v) is 10.7. The van der Waals surface area contributed by atoms with Crippen molar-refractivity contribution in [1.29, 1.82) is 0 Å². The molecule has 4 N–H and O–H groups in total. The Morgan fingerprint density at radius 2 is 0.667 bits per heavy atom. The van der Waals surface area contributed by atoms with Crippen LogP contribution in [0, 0.1) is 49.4 Å². The van der Waals surface area contributed by atoms with E-state index in [4.69, 9.17) is 0 Å². The maximum Gasteiger partial charge on any atom is 0.450 e. The summed E-state index contributed by atoms with van der Waals surface area (Å²) in [5.41, 5.74) is 0. The molecule has 1 radical (unpaired) electrons. The van der Waals surface area contributed by atoms with Crippen molar-refractivity contribution in [2.45, 2.75) is 37.8 Å². The summed E-state index contributed by atoms with van der Waals surface area (Å²) < 4.78 is 119. The van der Waals surface area contributed by atoms with E-state index in [1.165, 1.54) is 36.4 Å². The molecule has 0 aliphatic rings. The largest absolute Gasteiger partial charge is 0.461 e. The summed E-state index contributed by atoms with van der Waals surface area (Å²) in [4.78, 5) is 64.0. The minimum absolute atomic E-state index is 0. The van der Waals surface area contributed by atoms with Gasteiger partial charge < -0.3 is 24.2 Å². The summed E-state index contributed by atoms with van der Waals surface area (Å²) in [6.07, 6.45) is -15.1. The van der Waals surface area contributed by atoms with Gasteiger partial charge in [0.05, 0.1) is 38.1 Å². The molecule has 3 aromatic rings. The van der Waals surface area contributed by atoms with E-state index in [1.807, 2.05) is 0 Å². The third kappa shape index (κ3) is 17.1. The average Bonchev–Trinajstić information content (AvgIpc) is 3.66. The van der Waals surface area contributed by atoms with Crippen molar-refractivity contribution in [3.63, 3.8) is 0 Å². The Morgan fingerprint density at radius 1 is 0.467 bits per heavy atom. The number of hydrogen-bond acceptors (Lipinski definition) is 9. The molecule has 0 amide bonds. The second-order valence-corrected chi connectivity index (χ2v) is 7.49. The monoisotopic (exact) mass is 807 g/mol. The fourth-order valence-corrected chi connectivity index (χ4v) is 2.31. The van der Waals surface area contributed by atoms with Crippen molar-refractivity contribution >= 4 is 34.7 Å². The minimum atomic E-state index is -4.97. The first kappa shape index (κ1) is 46.2. The van der Waals surface area contributed by atoms with Gasteiger partial charge in [-0.3, -0.25) is 28.8 Å². The molecule has 3 rings (SSSR count). The molecular weight excluding hydrogens is 787 g/mol. The number of hydrogen-bond donors (Lipinski definition) is 0. The van der Waals surface area contributed by atoms with Crippen molar-refractivity contribution in [1.82, 2.24) is 0 Å². The van der Waals surface area contributed by atoms with Gasteiger partial charge in [0.25, 0.3) is 0 Å². The molecule has 3 aromatic heterocycles. The SMILES string of the molecule is O.O.O=C(CC(=O)C(F)(F)F)c1ccco1.O=C(CC(=O)C(F)(F)F)c1ccco1.O=C(CC(=O)C(F)(F)F)c1ccco1.[Eu]. The van der Waals surface area contributed by atoms with Gasteiger partial charge in [-0.25, -0.2) is 0 Å². The van der Waals surface area contributed by atoms with Gasteiger partial charge in [-0.15, -0.1) is 0 Å². The molecule has 0 unspecified atom stereocenters. The molecule has 0 aromatic carbocycles. The number of carbonyl (C=O) groups excluding carboxylic acids is 6. The summed E-state index contributed by atoms with van der Waals surface area (Å²) in [7, 11) is 0. The van der Waals surface area contributed by atoms with Gasteiger partial charge in [0.15, 0.2) is 17.3 Å². The van der Waals surface area contributed by atoms with E-state index in [2.05, 4.69) is 13.3 Å². The maximum absolute atomic E-state index is 11.7. The normalized spacial score (nSPS) is 10.6. The Bertz CT molecular complexity index is 1190. The molecule has 0 aliphatic heterocycles. The zero-order chi connectivity index (χ0) is 32.3. The van der Waals surface area contributed by atoms with Crippen LogP contribution in [-0.4, -0.2) is 64.2 Å². The van der Waals surface area contributed by atoms with Gasteiger partial charge in [-0.1, -0.05) is 0 Å². The molecule has 0 aliphatic carbocycles. The number of ketones is 6. The maximum atomic E-state index is 11.7. The molecule has 0 saturated heterocycles. The Kier molecular flexibility index (Phi) is 20.5. The first-order chi connectivity index (χ1) is 19.2. The molecule has 0 fully saturated rings. The Labute approximate surface area is 285 Å². The van der Waals surface area contributed by atoms with Gasteiger partial charge in [-0.05, 0) is 36.4 Å². The molecular formula is C24H19EuF9O11. The van der Waals surface area contributed by atoms with E-state index in [1.54, 1.807) is 0 Å². The Morgan fingerprint density at radius 3 is 0.800 bits per heavy atom. The number of carbonyl (C=O) groups is 6. The summed E-state index contributed by atoms with van der Waals surface area (Å²) in [6, 6.07) is 7.66. The van der Waals surface area contributed by atoms with E-state index < -0.39 is 72.5 Å². The van der Waals surface area contributed by atoms with E-state index in [-0.39, 0.29) is 77.6 Å². The molecule has 11 nitrogen and oxygen atoms in total. The fourth-order valence-electron chi connectivity index (χ4n) is 2.31. The van der Waals surface area contributed by atoms with E-state index in [0.717, 1.165) is 18.8 Å². The molecule has 0 saturated carbocycles. The van der Waals surface area contributed by atoms with E-state index in [9.17, 15) is 68.3 Å². The average molecular weight is 806 g/mol. The van der Waals surface area contributed by atoms with Crippen LogP contribution >= 0.6 is 0 Å². The van der Waals surface area contributed by atoms with Crippen LogP contribution in [0.3, 0.4) is 0 Å². The van der Waals surface area contributed by atoms with Crippen LogP contribution in [0.2, 0.25) is 0 Å². The molecule has 0 spiro atoms. The molecule has 21 heteroatoms. The third-order valence-electron chi connectivity index (χ3n) is 4.30. The second-order valence-electron chi connectivity index (χ2n) is 7.49. The van der Waals surface area contributed by atoms with Crippen molar-refractivity contribution < 1.29 is 142 Å². The van der Waals surface area contributed by atoms with Crippen LogP contribution in [0.5, 0.6) is 0 Å². The smallest absolute Gasteiger partial charge is 0.450 e. The quantitative estimate of drug-likeness (QED) is 0.172. The standard InChI is InChI=1S/3C8H5F3O3.Eu.2H2O/c3*9-8(10,11)7(13)4-5(12)6-2-1-3-14-6;;;/h3*1-3H,4H2;;2*1H2. The van der Waals surface area contributed by atoms with Crippen LogP contribution in [0.1, 0.15) is 50.9 Å². The van der Waals surface area contributed by atoms with Crippen molar-refractivity contribution in [3.05, 3.63) is 72.5 Å². The first-order valence-electron chi connectivity index (χ1n) is 10.7. The summed E-state index contributed by atoms with van der Waals surface area (Å²) in [6.45, 7) is 0. The molecule has 0 bridgehead atoms. The van der Waals surface area contributed by atoms with Crippen LogP contribution in [-0.2, 0) is 14.4 Å². The fraction of sp³-hybridized carbons (Fsp3) is 0.250. The van der Waals surface area contributed by atoms with Crippen molar-refractivity contribution in [2.24, 2.45) is 0 Å². The summed E-state index contributed by atoms with van der Waals surface area (Å²) in [5.74, 6) is -9.88. The predicted molar refractivity (Wildman–Crippen MR) is 123 cm³/mol. The predicted octanol–water partition coefficient (Wildman–Crippen LogP) is 4.30. The topological polar surface area (TPSA) is 205 Å². The van der Waals surface area contributed by atoms with Gasteiger partial charge in [0.2, 0.25) is 34.7 Å². The van der Waals surface area contributed by atoms with Crippen LogP contribution in [0.25, 0.3) is 0 Å². The third-order valence-corrected chi connectivity index (χ3v) is 4.30. The number of rotatable bonds is 9. The Balaban J connectivity index is -0.000000569. The van der Waals surface area contributed by atoms with Crippen molar-refractivity contribution in [2.75, 3.05) is 0 Å². The number of furan rings is 3. The number of alkyl halides is 9. The van der Waals surface area contributed by atoms with Crippen LogP contribution in [0.15, 0.2) is 68.4 Å². The summed E-state index contributed by atoms with van der Waals surface area (Å²) in [5, 5.41) is 0. The van der Waals surface area contributed by atoms with Crippen LogP contribution < -0.4 is 0 Å². The van der Waals surface area contributed by atoms with Gasteiger partial charge in [0, 0.05) is 49.4 Å². The van der Waals surface area contributed by atoms with Gasteiger partial charge >= 0.3 is 18.5 Å². The van der Waals surface area contributed by atoms with Gasteiger partial charge in [-0.2, -0.15) is 39.5 Å². The second kappa shape index (κ2) is 20.0. The van der Waals surface area contributed by atoms with Crippen LogP contribution in [0.4, 0.5) is 39.5 Å². The minimum Gasteiger partial charge on any atom is -0.461 e. The molecule has 45 heavy (non-hydrogen) atoms. The van der Waals surface area contributed by atoms with Crippen molar-refractivity contribution in [3.8, 4) is 0 Å². The molecule has 3 heterocycles. The zero-order valence-corrected chi connectivity index (χ0v) is 24.2. The number of halogens is 9. The molecule has 0 atom stereocenters.